The number of nitrogens with one attached hydrogen (secondary N) is 2. The Hall–Kier alpha value is -1.79. The summed E-state index contributed by atoms with van der Waals surface area (Å²) in [5, 5.41) is 6.18. The summed E-state index contributed by atoms with van der Waals surface area (Å²) < 4.78 is 0. The molecular weight excluding hydrogens is 212 g/mol. The zero-order chi connectivity index (χ0) is 12.1. The number of benzene rings is 1. The van der Waals surface area contributed by atoms with Crippen LogP contribution < -0.4 is 10.6 Å². The Morgan fingerprint density at radius 3 is 2.82 bits per heavy atom. The number of hydrogen-bond donors (Lipinski definition) is 2. The van der Waals surface area contributed by atoms with E-state index in [1.807, 2.05) is 37.3 Å². The van der Waals surface area contributed by atoms with Gasteiger partial charge in [-0.05, 0) is 32.0 Å². The molecule has 0 aromatic heterocycles. The zero-order valence-corrected chi connectivity index (χ0v) is 9.92. The highest BCUT2D eigenvalue weighted by atomic mass is 16.1. The molecule has 17 heavy (non-hydrogen) atoms. The third-order valence-corrected chi connectivity index (χ3v) is 2.88. The topological polar surface area (TPSA) is 41.1 Å². The van der Waals surface area contributed by atoms with Crippen molar-refractivity contribution in [1.82, 2.24) is 10.6 Å². The van der Waals surface area contributed by atoms with Gasteiger partial charge in [0.25, 0.3) is 5.91 Å². The lowest BCUT2D eigenvalue weighted by molar-refractivity contribution is -0.117. The predicted molar refractivity (Wildman–Crippen MR) is 67.4 cm³/mol. The van der Waals surface area contributed by atoms with Gasteiger partial charge in [-0.1, -0.05) is 24.1 Å². The van der Waals surface area contributed by atoms with Crippen molar-refractivity contribution in [2.75, 3.05) is 13.1 Å². The van der Waals surface area contributed by atoms with E-state index in [9.17, 15) is 4.79 Å². The molecule has 0 saturated carbocycles. The third kappa shape index (κ3) is 3.33. The van der Waals surface area contributed by atoms with Gasteiger partial charge in [-0.2, -0.15) is 0 Å². The highest BCUT2D eigenvalue weighted by molar-refractivity contribution is 5.94. The summed E-state index contributed by atoms with van der Waals surface area (Å²) in [5.74, 6) is 5.27. The highest BCUT2D eigenvalue weighted by Gasteiger charge is 2.29. The van der Waals surface area contributed by atoms with Crippen LogP contribution in [0.15, 0.2) is 30.3 Å². The molecule has 1 aliphatic heterocycles. The molecule has 0 bridgehead atoms. The van der Waals surface area contributed by atoms with E-state index >= 15 is 0 Å². The van der Waals surface area contributed by atoms with Crippen LogP contribution in [0.1, 0.15) is 18.9 Å². The normalized spacial score (nSPS) is 22.6. The summed E-state index contributed by atoms with van der Waals surface area (Å²) in [6.07, 6.45) is 0.950. The van der Waals surface area contributed by atoms with Gasteiger partial charge in [0.1, 0.15) is 0 Å². The highest BCUT2D eigenvalue weighted by Crippen LogP contribution is 2.12. The molecule has 1 fully saturated rings. The summed E-state index contributed by atoms with van der Waals surface area (Å²) in [6.45, 7) is 3.80. The smallest absolute Gasteiger partial charge is 0.296 e. The molecule has 1 heterocycles. The summed E-state index contributed by atoms with van der Waals surface area (Å²) in [6, 6.07) is 9.52. The number of rotatable bonds is 1. The van der Waals surface area contributed by atoms with Crippen molar-refractivity contribution in [2.45, 2.75) is 18.9 Å². The fourth-order valence-corrected chi connectivity index (χ4v) is 1.88. The Labute approximate surface area is 102 Å². The Balaban J connectivity index is 1.96. The molecule has 1 amide bonds. The number of carbonyl (C=O) groups is 1. The Bertz CT molecular complexity index is 450. The molecule has 3 nitrogen and oxygen atoms in total. The molecule has 0 radical (unpaired) electrons. The minimum Gasteiger partial charge on any atom is -0.339 e. The van der Waals surface area contributed by atoms with E-state index in [1.165, 1.54) is 0 Å². The van der Waals surface area contributed by atoms with Gasteiger partial charge in [0.15, 0.2) is 0 Å². The van der Waals surface area contributed by atoms with Crippen LogP contribution in [0.3, 0.4) is 0 Å². The SMILES string of the molecule is CC1(NC(=O)C#Cc2ccccc2)CCNC1. The van der Waals surface area contributed by atoms with E-state index in [0.29, 0.717) is 0 Å². The van der Waals surface area contributed by atoms with Gasteiger partial charge in [0.2, 0.25) is 0 Å². The molecule has 1 aromatic carbocycles. The van der Waals surface area contributed by atoms with Crippen LogP contribution >= 0.6 is 0 Å². The van der Waals surface area contributed by atoms with Gasteiger partial charge in [-0.25, -0.2) is 0 Å². The maximum absolute atomic E-state index is 11.7. The molecule has 1 aliphatic rings. The van der Waals surface area contributed by atoms with Crippen molar-refractivity contribution < 1.29 is 4.79 Å². The maximum Gasteiger partial charge on any atom is 0.296 e. The van der Waals surface area contributed by atoms with Crippen molar-refractivity contribution >= 4 is 5.91 Å². The maximum atomic E-state index is 11.7. The summed E-state index contributed by atoms with van der Waals surface area (Å²) in [4.78, 5) is 11.7. The zero-order valence-electron chi connectivity index (χ0n) is 9.92. The van der Waals surface area contributed by atoms with E-state index in [1.54, 1.807) is 0 Å². The minimum absolute atomic E-state index is 0.150. The number of carbonyl (C=O) groups excluding carboxylic acids is 1. The second-order valence-corrected chi connectivity index (χ2v) is 4.56. The Kier molecular flexibility index (Phi) is 3.46. The number of hydrogen-bond acceptors (Lipinski definition) is 2. The van der Waals surface area contributed by atoms with Crippen LogP contribution in [0.4, 0.5) is 0 Å². The van der Waals surface area contributed by atoms with E-state index in [4.69, 9.17) is 0 Å². The van der Waals surface area contributed by atoms with Crippen molar-refractivity contribution in [1.29, 1.82) is 0 Å². The molecule has 88 valence electrons. The first-order valence-electron chi connectivity index (χ1n) is 5.78. The van der Waals surface area contributed by atoms with E-state index in [2.05, 4.69) is 22.5 Å². The fraction of sp³-hybridized carbons (Fsp3) is 0.357. The molecule has 1 atom stereocenters. The average Bonchev–Trinajstić information content (AvgIpc) is 2.74. The van der Waals surface area contributed by atoms with Crippen LogP contribution in [-0.4, -0.2) is 24.5 Å². The standard InChI is InChI=1S/C14H16N2O/c1-14(9-10-15-11-14)16-13(17)8-7-12-5-3-2-4-6-12/h2-6,15H,9-11H2,1H3,(H,16,17). The van der Waals surface area contributed by atoms with Crippen LogP contribution in [0.25, 0.3) is 0 Å². The molecule has 3 heteroatoms. The van der Waals surface area contributed by atoms with Gasteiger partial charge in [-0.3, -0.25) is 4.79 Å². The van der Waals surface area contributed by atoms with Crippen LogP contribution in [0, 0.1) is 11.8 Å². The van der Waals surface area contributed by atoms with Crippen LogP contribution in [0.5, 0.6) is 0 Å². The first-order valence-corrected chi connectivity index (χ1v) is 5.78. The lowest BCUT2D eigenvalue weighted by Gasteiger charge is -2.22. The van der Waals surface area contributed by atoms with Crippen LogP contribution in [-0.2, 0) is 4.79 Å². The summed E-state index contributed by atoms with van der Waals surface area (Å²) in [5.41, 5.74) is 0.708. The van der Waals surface area contributed by atoms with Gasteiger partial charge < -0.3 is 10.6 Å². The van der Waals surface area contributed by atoms with Crippen LogP contribution in [0.2, 0.25) is 0 Å². The molecule has 1 aromatic rings. The van der Waals surface area contributed by atoms with Gasteiger partial charge in [0.05, 0.1) is 5.54 Å². The first kappa shape index (κ1) is 11.7. The number of amides is 1. The molecule has 0 aliphatic carbocycles. The summed E-state index contributed by atoms with van der Waals surface area (Å²) in [7, 11) is 0. The molecule has 0 spiro atoms. The summed E-state index contributed by atoms with van der Waals surface area (Å²) >= 11 is 0. The van der Waals surface area contributed by atoms with Crippen molar-refractivity contribution in [3.8, 4) is 11.8 Å². The van der Waals surface area contributed by atoms with E-state index in [0.717, 1.165) is 25.1 Å². The van der Waals surface area contributed by atoms with E-state index in [-0.39, 0.29) is 11.4 Å². The lowest BCUT2D eigenvalue weighted by atomic mass is 10.0. The lowest BCUT2D eigenvalue weighted by Crippen LogP contribution is -2.47. The molecular formula is C14H16N2O. The Morgan fingerprint density at radius 2 is 2.18 bits per heavy atom. The van der Waals surface area contributed by atoms with Crippen molar-refractivity contribution in [3.63, 3.8) is 0 Å². The minimum atomic E-state index is -0.208. The Morgan fingerprint density at radius 1 is 1.41 bits per heavy atom. The second-order valence-electron chi connectivity index (χ2n) is 4.56. The molecule has 1 unspecified atom stereocenters. The monoisotopic (exact) mass is 228 g/mol. The predicted octanol–water partition coefficient (Wildman–Crippen LogP) is 0.906. The van der Waals surface area contributed by atoms with Gasteiger partial charge >= 0.3 is 0 Å². The van der Waals surface area contributed by atoms with Gasteiger partial charge in [-0.15, -0.1) is 0 Å². The second kappa shape index (κ2) is 5.03. The van der Waals surface area contributed by atoms with Gasteiger partial charge in [0, 0.05) is 18.0 Å². The molecule has 2 rings (SSSR count). The van der Waals surface area contributed by atoms with Crippen molar-refractivity contribution in [2.24, 2.45) is 0 Å². The molecule has 2 N–H and O–H groups in total. The largest absolute Gasteiger partial charge is 0.339 e. The average molecular weight is 228 g/mol. The fourth-order valence-electron chi connectivity index (χ4n) is 1.88. The third-order valence-electron chi connectivity index (χ3n) is 2.88. The van der Waals surface area contributed by atoms with E-state index < -0.39 is 0 Å². The van der Waals surface area contributed by atoms with Crippen molar-refractivity contribution in [3.05, 3.63) is 35.9 Å². The molecule has 1 saturated heterocycles. The first-order chi connectivity index (χ1) is 8.18. The quantitative estimate of drug-likeness (QED) is 0.701.